The van der Waals surface area contributed by atoms with Gasteiger partial charge in [-0.25, -0.2) is 0 Å². The lowest BCUT2D eigenvalue weighted by Crippen LogP contribution is -2.43. The van der Waals surface area contributed by atoms with Crippen molar-refractivity contribution in [3.63, 3.8) is 0 Å². The van der Waals surface area contributed by atoms with Gasteiger partial charge in [-0.1, -0.05) is 54.4 Å². The van der Waals surface area contributed by atoms with E-state index in [1.807, 2.05) is 13.8 Å². The first-order valence-electron chi connectivity index (χ1n) is 11.5. The molecule has 0 radical (unpaired) electrons. The number of ketones is 1. The van der Waals surface area contributed by atoms with Crippen LogP contribution in [-0.2, 0) is 28.6 Å². The van der Waals surface area contributed by atoms with E-state index < -0.39 is 5.91 Å². The van der Waals surface area contributed by atoms with Crippen LogP contribution in [0, 0.1) is 5.92 Å². The lowest BCUT2D eigenvalue weighted by atomic mass is 10.3. The van der Waals surface area contributed by atoms with Crippen LogP contribution in [0.1, 0.15) is 83.4 Å². The van der Waals surface area contributed by atoms with Crippen LogP contribution >= 0.6 is 0 Å². The average Bonchev–Trinajstić information content (AvgIpc) is 2.69. The minimum atomic E-state index is -0.446. The van der Waals surface area contributed by atoms with Gasteiger partial charge in [0.25, 0.3) is 0 Å². The van der Waals surface area contributed by atoms with E-state index in [0.29, 0.717) is 13.0 Å². The molecule has 3 N–H and O–H groups in total. The largest absolute Gasteiger partial charge is 0.379 e. The first-order chi connectivity index (χ1) is 14.7. The Morgan fingerprint density at radius 3 is 1.87 bits per heavy atom. The number of hydrogen-bond donors (Lipinski definition) is 2. The van der Waals surface area contributed by atoms with E-state index >= 15 is 0 Å². The predicted molar refractivity (Wildman–Crippen MR) is 129 cm³/mol. The molecule has 8 heteroatoms. The molecule has 0 aromatic rings. The molecule has 0 saturated carbocycles. The van der Waals surface area contributed by atoms with Crippen LogP contribution in [0.3, 0.4) is 0 Å². The van der Waals surface area contributed by atoms with Crippen molar-refractivity contribution in [1.82, 2.24) is 5.32 Å². The Morgan fingerprint density at radius 1 is 0.903 bits per heavy atom. The number of ether oxygens (including phenoxy) is 3. The van der Waals surface area contributed by atoms with Crippen molar-refractivity contribution >= 4 is 17.6 Å². The third kappa shape index (κ3) is 36.2. The second kappa shape index (κ2) is 26.5. The molecular formula is C23H52N2O6. The molecule has 0 aliphatic carbocycles. The number of Topliss-reactive ketones (excluding diaryl/α,β-unsaturated/α-hetero) is 1. The van der Waals surface area contributed by atoms with Gasteiger partial charge >= 0.3 is 0 Å². The molecule has 0 rings (SSSR count). The highest BCUT2D eigenvalue weighted by Gasteiger charge is 2.13. The highest BCUT2D eigenvalue weighted by atomic mass is 16.5. The Morgan fingerprint density at radius 2 is 1.42 bits per heavy atom. The van der Waals surface area contributed by atoms with Crippen LogP contribution in [0.5, 0.6) is 0 Å². The van der Waals surface area contributed by atoms with Gasteiger partial charge in [0.1, 0.15) is 12.4 Å². The normalized spacial score (nSPS) is 11.0. The van der Waals surface area contributed by atoms with Crippen LogP contribution in [-0.4, -0.2) is 63.3 Å². The summed E-state index contributed by atoms with van der Waals surface area (Å²) in [6.45, 7) is 15.5. The van der Waals surface area contributed by atoms with E-state index in [1.54, 1.807) is 0 Å². The molecule has 0 aliphatic heterocycles. The maximum atomic E-state index is 11.9. The minimum Gasteiger partial charge on any atom is -0.379 e. The fraction of sp³-hybridized carbons (Fsp3) is 0.870. The summed E-state index contributed by atoms with van der Waals surface area (Å²) in [4.78, 5) is 33.5. The van der Waals surface area contributed by atoms with E-state index in [2.05, 4.69) is 33.0 Å². The van der Waals surface area contributed by atoms with Gasteiger partial charge in [0, 0.05) is 22.3 Å². The number of rotatable bonds is 17. The van der Waals surface area contributed by atoms with Crippen molar-refractivity contribution in [3.05, 3.63) is 0 Å². The fourth-order valence-electron chi connectivity index (χ4n) is 1.86. The molecule has 0 aromatic carbocycles. The zero-order chi connectivity index (χ0) is 24.5. The summed E-state index contributed by atoms with van der Waals surface area (Å²) < 4.78 is 16.0. The first kappa shape index (κ1) is 34.1. The van der Waals surface area contributed by atoms with E-state index in [9.17, 15) is 14.4 Å². The molecule has 2 amide bonds. The number of amides is 2. The molecule has 0 heterocycles. The van der Waals surface area contributed by atoms with Crippen LogP contribution in [0.15, 0.2) is 0 Å². The molecule has 8 nitrogen and oxygen atoms in total. The Kier molecular flexibility index (Phi) is 29.2. The van der Waals surface area contributed by atoms with Crippen molar-refractivity contribution in [3.8, 4) is 0 Å². The summed E-state index contributed by atoms with van der Waals surface area (Å²) in [5.74, 6) is 0.174. The summed E-state index contributed by atoms with van der Waals surface area (Å²) in [7, 11) is 0. The third-order valence-corrected chi connectivity index (χ3v) is 3.22. The molecular weight excluding hydrogens is 400 g/mol. The number of unbranched alkanes of at least 4 members (excludes halogenated alkanes) is 2. The molecule has 1 unspecified atom stereocenters. The first-order valence-corrected chi connectivity index (χ1v) is 11.5. The molecule has 0 fully saturated rings. The molecule has 0 spiro atoms. The molecule has 0 bridgehead atoms. The maximum absolute atomic E-state index is 11.9. The third-order valence-electron chi connectivity index (χ3n) is 3.22. The van der Waals surface area contributed by atoms with E-state index in [-0.39, 0.29) is 60.0 Å². The highest BCUT2D eigenvalue weighted by Crippen LogP contribution is 1.96. The fourth-order valence-corrected chi connectivity index (χ4v) is 1.86. The number of nitrogens with one attached hydrogen (secondary N) is 1. The van der Waals surface area contributed by atoms with Crippen molar-refractivity contribution in [2.45, 2.75) is 86.6 Å². The molecule has 1 atom stereocenters. The van der Waals surface area contributed by atoms with Gasteiger partial charge in [-0.3, -0.25) is 14.4 Å². The van der Waals surface area contributed by atoms with Crippen LogP contribution in [0.4, 0.5) is 0 Å². The Hall–Kier alpha value is -1.51. The number of nitrogens with two attached hydrogens (primary N) is 1. The van der Waals surface area contributed by atoms with Gasteiger partial charge in [0.15, 0.2) is 0 Å². The number of primary amides is 1. The quantitative estimate of drug-likeness (QED) is 0.325. The highest BCUT2D eigenvalue weighted by molar-refractivity contribution is 5.77. The van der Waals surface area contributed by atoms with E-state index in [1.165, 1.54) is 6.92 Å². The topological polar surface area (TPSA) is 117 Å². The number of carbonyl (C=O) groups excluding carboxylic acids is 3. The van der Waals surface area contributed by atoms with Crippen LogP contribution < -0.4 is 11.1 Å². The molecule has 31 heavy (non-hydrogen) atoms. The summed E-state index contributed by atoms with van der Waals surface area (Å²) in [5.41, 5.74) is 5.04. The second-order valence-electron chi connectivity index (χ2n) is 7.57. The predicted octanol–water partition coefficient (Wildman–Crippen LogP) is 3.75. The van der Waals surface area contributed by atoms with Gasteiger partial charge < -0.3 is 25.3 Å². The average molecular weight is 453 g/mol. The number of hydrogen-bond acceptors (Lipinski definition) is 6. The summed E-state index contributed by atoms with van der Waals surface area (Å²) in [6.07, 6.45) is 3.54. The van der Waals surface area contributed by atoms with Crippen molar-refractivity contribution in [2.24, 2.45) is 11.7 Å². The standard InChI is InChI=1S/C17H32N2O6.C4H10.C2H6.2H2/c1-3-4-5-8-23-13-17(22)19-15(11-24-9-6-14(2)20)12-25-10-7-16(18)21;1-4(2)3;1-2;;/h15H,3-13H2,1-2H3,(H2,18,21)(H,19,22);4H,1-3H3;1-2H3;2*1H. The van der Waals surface area contributed by atoms with Crippen LogP contribution in [0.2, 0.25) is 0 Å². The van der Waals surface area contributed by atoms with Gasteiger partial charge in [-0.15, -0.1) is 0 Å². The van der Waals surface area contributed by atoms with Crippen molar-refractivity contribution in [2.75, 3.05) is 39.6 Å². The van der Waals surface area contributed by atoms with Gasteiger partial charge in [0.2, 0.25) is 11.8 Å². The second-order valence-corrected chi connectivity index (χ2v) is 7.57. The lowest BCUT2D eigenvalue weighted by molar-refractivity contribution is -0.128. The van der Waals surface area contributed by atoms with E-state index in [4.69, 9.17) is 19.9 Å². The summed E-state index contributed by atoms with van der Waals surface area (Å²) in [6, 6.07) is -0.383. The van der Waals surface area contributed by atoms with Crippen LogP contribution in [0.25, 0.3) is 0 Å². The van der Waals surface area contributed by atoms with Crippen molar-refractivity contribution in [1.29, 1.82) is 0 Å². The van der Waals surface area contributed by atoms with Gasteiger partial charge in [0.05, 0.1) is 32.5 Å². The Labute approximate surface area is 192 Å². The van der Waals surface area contributed by atoms with Gasteiger partial charge in [-0.05, 0) is 19.3 Å². The number of carbonyl (C=O) groups is 3. The molecule has 190 valence electrons. The van der Waals surface area contributed by atoms with Gasteiger partial charge in [-0.2, -0.15) is 0 Å². The minimum absolute atomic E-state index is 0. The zero-order valence-corrected chi connectivity index (χ0v) is 21.0. The zero-order valence-electron chi connectivity index (χ0n) is 21.0. The van der Waals surface area contributed by atoms with Crippen molar-refractivity contribution < 1.29 is 31.4 Å². The molecule has 0 aliphatic rings. The smallest absolute Gasteiger partial charge is 0.246 e. The molecule has 0 aromatic heterocycles. The summed E-state index contributed by atoms with van der Waals surface area (Å²) in [5, 5.41) is 2.77. The van der Waals surface area contributed by atoms with E-state index in [0.717, 1.165) is 25.2 Å². The lowest BCUT2D eigenvalue weighted by Gasteiger charge is -2.19. The SMILES string of the molecule is CC.CC(C)C.CCCCCOCC(=O)NC(COCCC(C)=O)COCCC(N)=O.[HH].[HH]. The Bertz CT molecular complexity index is 416. The summed E-state index contributed by atoms with van der Waals surface area (Å²) >= 11 is 0. The maximum Gasteiger partial charge on any atom is 0.246 e. The monoisotopic (exact) mass is 452 g/mol. The Balaban J connectivity index is -0.000000293. The molecule has 0 saturated heterocycles.